The van der Waals surface area contributed by atoms with E-state index >= 15 is 0 Å². The van der Waals surface area contributed by atoms with Gasteiger partial charge < -0.3 is 9.88 Å². The molecule has 1 atom stereocenters. The first-order valence-corrected chi connectivity index (χ1v) is 10.3. The van der Waals surface area contributed by atoms with Crippen molar-refractivity contribution < 1.29 is 4.79 Å². The predicted octanol–water partition coefficient (Wildman–Crippen LogP) is 4.14. The number of amides is 1. The normalized spacial score (nSPS) is 12.2. The van der Waals surface area contributed by atoms with Gasteiger partial charge in [0.05, 0.1) is 23.3 Å². The minimum Gasteiger partial charge on any atom is -0.316 e. The fourth-order valence-corrected chi connectivity index (χ4v) is 3.71. The molecule has 0 aliphatic rings. The summed E-state index contributed by atoms with van der Waals surface area (Å²) in [4.78, 5) is 22.1. The van der Waals surface area contributed by atoms with Crippen LogP contribution in [0.1, 0.15) is 43.4 Å². The average Bonchev–Trinajstić information content (AvgIpc) is 3.27. The number of nitrogens with one attached hydrogen (secondary N) is 1. The Bertz CT molecular complexity index is 1160. The van der Waals surface area contributed by atoms with E-state index in [2.05, 4.69) is 22.3 Å². The molecule has 0 unspecified atom stereocenters. The maximum atomic E-state index is 13.2. The van der Waals surface area contributed by atoms with Crippen LogP contribution in [0, 0.1) is 6.92 Å². The first-order chi connectivity index (χ1) is 14.6. The van der Waals surface area contributed by atoms with E-state index in [1.165, 1.54) is 0 Å². The first kappa shape index (κ1) is 19.8. The number of carbonyl (C=O) groups excluding carboxylic acids is 1. The van der Waals surface area contributed by atoms with Crippen molar-refractivity contribution in [2.45, 2.75) is 46.2 Å². The molecule has 1 N–H and O–H groups in total. The maximum Gasteiger partial charge on any atom is 0.248 e. The first-order valence-electron chi connectivity index (χ1n) is 10.3. The van der Waals surface area contributed by atoms with E-state index in [0.717, 1.165) is 41.0 Å². The van der Waals surface area contributed by atoms with Gasteiger partial charge in [-0.1, -0.05) is 25.1 Å². The van der Waals surface area contributed by atoms with Gasteiger partial charge in [-0.15, -0.1) is 0 Å². The molecule has 154 valence electrons. The van der Waals surface area contributed by atoms with Crippen LogP contribution in [0.5, 0.6) is 0 Å². The molecule has 4 rings (SSSR count). The van der Waals surface area contributed by atoms with Crippen molar-refractivity contribution in [1.82, 2.24) is 24.3 Å². The third kappa shape index (κ3) is 3.96. The zero-order valence-electron chi connectivity index (χ0n) is 17.5. The van der Waals surface area contributed by atoms with Gasteiger partial charge in [0.15, 0.2) is 0 Å². The smallest absolute Gasteiger partial charge is 0.248 e. The molecular formula is C23H26N6O. The Kier molecular flexibility index (Phi) is 5.61. The number of fused-ring (bicyclic) bond motifs is 1. The topological polar surface area (TPSA) is 77.6 Å². The van der Waals surface area contributed by atoms with Gasteiger partial charge in [0.1, 0.15) is 17.7 Å². The highest BCUT2D eigenvalue weighted by molar-refractivity contribution is 5.94. The molecule has 3 heterocycles. The summed E-state index contributed by atoms with van der Waals surface area (Å²) in [7, 11) is 0. The van der Waals surface area contributed by atoms with E-state index in [1.807, 2.05) is 60.9 Å². The van der Waals surface area contributed by atoms with Crippen molar-refractivity contribution in [3.8, 4) is 0 Å². The summed E-state index contributed by atoms with van der Waals surface area (Å²) >= 11 is 0. The van der Waals surface area contributed by atoms with E-state index in [1.54, 1.807) is 17.1 Å². The predicted molar refractivity (Wildman–Crippen MR) is 117 cm³/mol. The second-order valence-corrected chi connectivity index (χ2v) is 7.49. The van der Waals surface area contributed by atoms with Gasteiger partial charge in [0.2, 0.25) is 5.91 Å². The van der Waals surface area contributed by atoms with Crippen molar-refractivity contribution in [2.75, 3.05) is 5.32 Å². The van der Waals surface area contributed by atoms with Crippen LogP contribution in [0.3, 0.4) is 0 Å². The number of imidazole rings is 1. The molecule has 7 heteroatoms. The molecule has 0 aliphatic heterocycles. The highest BCUT2D eigenvalue weighted by Gasteiger charge is 2.22. The summed E-state index contributed by atoms with van der Waals surface area (Å²) in [6.45, 7) is 6.49. The molecule has 0 spiro atoms. The second kappa shape index (κ2) is 8.49. The van der Waals surface area contributed by atoms with Crippen LogP contribution in [0.25, 0.3) is 11.0 Å². The van der Waals surface area contributed by atoms with Gasteiger partial charge in [-0.2, -0.15) is 5.10 Å². The van der Waals surface area contributed by atoms with Crippen LogP contribution in [0.4, 0.5) is 5.82 Å². The van der Waals surface area contributed by atoms with E-state index in [9.17, 15) is 4.79 Å². The lowest BCUT2D eigenvalue weighted by molar-refractivity contribution is -0.118. The van der Waals surface area contributed by atoms with Gasteiger partial charge in [0, 0.05) is 24.9 Å². The minimum absolute atomic E-state index is 0.0946. The second-order valence-electron chi connectivity index (χ2n) is 7.49. The molecule has 0 bridgehead atoms. The molecule has 0 fully saturated rings. The van der Waals surface area contributed by atoms with Gasteiger partial charge in [-0.05, 0) is 44.0 Å². The Morgan fingerprint density at radius 2 is 2.03 bits per heavy atom. The summed E-state index contributed by atoms with van der Waals surface area (Å²) in [5, 5.41) is 7.60. The third-order valence-electron chi connectivity index (χ3n) is 5.12. The Morgan fingerprint density at radius 1 is 1.20 bits per heavy atom. The van der Waals surface area contributed by atoms with E-state index in [4.69, 9.17) is 4.98 Å². The minimum atomic E-state index is -0.402. The van der Waals surface area contributed by atoms with Crippen LogP contribution >= 0.6 is 0 Å². The number of para-hydroxylation sites is 2. The highest BCUT2D eigenvalue weighted by atomic mass is 16.2. The van der Waals surface area contributed by atoms with Crippen molar-refractivity contribution >= 4 is 22.8 Å². The number of hydrogen-bond acceptors (Lipinski definition) is 4. The molecule has 1 aromatic carbocycles. The SMILES string of the molecule is CCCc1nc2ccccc2n1[C@@H](C)C(=O)Nc1cc(C)nn1Cc1cccnc1. The summed E-state index contributed by atoms with van der Waals surface area (Å²) < 4.78 is 3.85. The average molecular weight is 403 g/mol. The molecule has 4 aromatic rings. The molecule has 0 aliphatic carbocycles. The number of benzene rings is 1. The molecule has 0 radical (unpaired) electrons. The fraction of sp³-hybridized carbons (Fsp3) is 0.304. The zero-order chi connectivity index (χ0) is 21.1. The number of aromatic nitrogens is 5. The monoisotopic (exact) mass is 402 g/mol. The Morgan fingerprint density at radius 3 is 2.80 bits per heavy atom. The molecule has 1 amide bonds. The molecule has 7 nitrogen and oxygen atoms in total. The van der Waals surface area contributed by atoms with Crippen LogP contribution < -0.4 is 5.32 Å². The Hall–Kier alpha value is -3.48. The van der Waals surface area contributed by atoms with Crippen molar-refractivity contribution in [3.63, 3.8) is 0 Å². The number of hydrogen-bond donors (Lipinski definition) is 1. The highest BCUT2D eigenvalue weighted by Crippen LogP contribution is 2.24. The lowest BCUT2D eigenvalue weighted by atomic mass is 10.2. The standard InChI is InChI=1S/C23H26N6O/c1-4-8-21-25-19-10-5-6-11-20(19)29(21)17(3)23(30)26-22-13-16(2)27-28(22)15-18-9-7-12-24-14-18/h5-7,9-14,17H,4,8,15H2,1-3H3,(H,26,30)/t17-/m0/s1. The van der Waals surface area contributed by atoms with Crippen molar-refractivity contribution in [1.29, 1.82) is 0 Å². The van der Waals surface area contributed by atoms with E-state index in [-0.39, 0.29) is 5.91 Å². The summed E-state index contributed by atoms with van der Waals surface area (Å²) in [6.07, 6.45) is 5.34. The summed E-state index contributed by atoms with van der Waals surface area (Å²) in [5.74, 6) is 1.51. The number of pyridine rings is 1. The van der Waals surface area contributed by atoms with Crippen LogP contribution in [-0.4, -0.2) is 30.2 Å². The van der Waals surface area contributed by atoms with Gasteiger partial charge in [-0.3, -0.25) is 9.78 Å². The van der Waals surface area contributed by atoms with Crippen LogP contribution in [0.15, 0.2) is 54.9 Å². The summed E-state index contributed by atoms with van der Waals surface area (Å²) in [6, 6.07) is 13.3. The van der Waals surface area contributed by atoms with Gasteiger partial charge >= 0.3 is 0 Å². The Balaban J connectivity index is 1.61. The largest absolute Gasteiger partial charge is 0.316 e. The number of aryl methyl sites for hydroxylation is 2. The van der Waals surface area contributed by atoms with Gasteiger partial charge in [0.25, 0.3) is 0 Å². The van der Waals surface area contributed by atoms with E-state index in [0.29, 0.717) is 12.4 Å². The lowest BCUT2D eigenvalue weighted by Crippen LogP contribution is -2.26. The van der Waals surface area contributed by atoms with Crippen molar-refractivity contribution in [2.24, 2.45) is 0 Å². The fourth-order valence-electron chi connectivity index (χ4n) is 3.71. The number of carbonyl (C=O) groups is 1. The summed E-state index contributed by atoms with van der Waals surface area (Å²) in [5.41, 5.74) is 3.76. The number of anilines is 1. The molecule has 3 aromatic heterocycles. The molecule has 0 saturated heterocycles. The lowest BCUT2D eigenvalue weighted by Gasteiger charge is -2.18. The molecule has 30 heavy (non-hydrogen) atoms. The Labute approximate surface area is 175 Å². The van der Waals surface area contributed by atoms with Crippen molar-refractivity contribution in [3.05, 3.63) is 71.9 Å². The number of nitrogens with zero attached hydrogens (tertiary/aromatic N) is 5. The zero-order valence-corrected chi connectivity index (χ0v) is 17.5. The molecule has 0 saturated carbocycles. The number of rotatable bonds is 7. The van der Waals surface area contributed by atoms with Crippen LogP contribution in [0.2, 0.25) is 0 Å². The van der Waals surface area contributed by atoms with Crippen LogP contribution in [-0.2, 0) is 17.8 Å². The van der Waals surface area contributed by atoms with E-state index < -0.39 is 6.04 Å². The molecular weight excluding hydrogens is 376 g/mol. The quantitative estimate of drug-likeness (QED) is 0.504. The third-order valence-corrected chi connectivity index (χ3v) is 5.12. The van der Waals surface area contributed by atoms with Gasteiger partial charge in [-0.25, -0.2) is 9.67 Å². The maximum absolute atomic E-state index is 13.2.